The van der Waals surface area contributed by atoms with Gasteiger partial charge in [0.2, 0.25) is 0 Å². The highest BCUT2D eigenvalue weighted by molar-refractivity contribution is 7.21. The Morgan fingerprint density at radius 2 is 1.90 bits per heavy atom. The maximum absolute atomic E-state index is 13.3. The van der Waals surface area contributed by atoms with E-state index in [2.05, 4.69) is 31.6 Å². The summed E-state index contributed by atoms with van der Waals surface area (Å²) in [7, 11) is 0. The molecule has 0 spiro atoms. The Balaban J connectivity index is 1.34. The van der Waals surface area contributed by atoms with Gasteiger partial charge in [0.05, 0.1) is 36.6 Å². The molecule has 40 heavy (non-hydrogen) atoms. The number of anilines is 4. The van der Waals surface area contributed by atoms with Gasteiger partial charge >= 0.3 is 0 Å². The highest BCUT2D eigenvalue weighted by Crippen LogP contribution is 2.33. The zero-order chi connectivity index (χ0) is 28.4. The number of aryl methyl sites for hydroxylation is 1. The van der Waals surface area contributed by atoms with Crippen LogP contribution in [0.25, 0.3) is 10.3 Å². The van der Waals surface area contributed by atoms with Gasteiger partial charge in [-0.2, -0.15) is 5.26 Å². The number of morpholine rings is 1. The number of carbonyl (C=O) groups excluding carboxylic acids is 2. The first-order valence-electron chi connectivity index (χ1n) is 12.8. The van der Waals surface area contributed by atoms with Crippen molar-refractivity contribution in [2.45, 2.75) is 26.2 Å². The molecule has 10 nitrogen and oxygen atoms in total. The average Bonchev–Trinajstić information content (AvgIpc) is 3.31. The molecule has 0 radical (unpaired) electrons. The van der Waals surface area contributed by atoms with Gasteiger partial charge in [-0.25, -0.2) is 9.97 Å². The lowest BCUT2D eigenvalue weighted by Gasteiger charge is -2.27. The summed E-state index contributed by atoms with van der Waals surface area (Å²) >= 11 is 1.18. The van der Waals surface area contributed by atoms with Crippen molar-refractivity contribution in [1.29, 1.82) is 5.26 Å². The summed E-state index contributed by atoms with van der Waals surface area (Å²) in [6.07, 6.45) is 1.69. The first-order valence-corrected chi connectivity index (χ1v) is 13.6. The minimum atomic E-state index is -0.721. The monoisotopic (exact) mass is 555 g/mol. The van der Waals surface area contributed by atoms with E-state index < -0.39 is 5.41 Å². The number of benzene rings is 2. The fourth-order valence-electron chi connectivity index (χ4n) is 4.32. The maximum atomic E-state index is 13.3. The Labute approximate surface area is 235 Å². The number of thiophene rings is 1. The molecule has 1 saturated heterocycles. The van der Waals surface area contributed by atoms with Gasteiger partial charge in [0.1, 0.15) is 21.0 Å². The smallest absolute Gasteiger partial charge is 0.268 e. The number of nitriles is 1. The summed E-state index contributed by atoms with van der Waals surface area (Å²) in [5.74, 6) is 0.000181. The van der Waals surface area contributed by atoms with Crippen molar-refractivity contribution < 1.29 is 14.3 Å². The highest BCUT2D eigenvalue weighted by Gasteiger charge is 2.23. The summed E-state index contributed by atoms with van der Waals surface area (Å²) in [6, 6.07) is 14.5. The zero-order valence-electron chi connectivity index (χ0n) is 22.4. The van der Waals surface area contributed by atoms with Gasteiger partial charge < -0.3 is 26.0 Å². The molecule has 0 unspecified atom stereocenters. The first kappa shape index (κ1) is 27.1. The third kappa shape index (κ3) is 5.45. The number of hydrogen-bond donors (Lipinski definition) is 3. The third-order valence-electron chi connectivity index (χ3n) is 6.84. The molecule has 0 atom stereocenters. The standard InChI is InChI=1S/C29H29N7O3S/c1-17-7-8-20(33-26(37)18-5-4-6-19(13-18)29(2,3)16-30)14-21(17)34-27(38)25-23(31)24-28(40-25)32-15-22(35-24)36-9-11-39-12-10-36/h4-8,13-15H,9-12,31H2,1-3H3,(H,33,37)(H,34,38). The van der Waals surface area contributed by atoms with Crippen molar-refractivity contribution >= 4 is 56.4 Å². The molecular weight excluding hydrogens is 526 g/mol. The van der Waals surface area contributed by atoms with Gasteiger partial charge in [0.25, 0.3) is 11.8 Å². The van der Waals surface area contributed by atoms with E-state index in [-0.39, 0.29) is 17.5 Å². The van der Waals surface area contributed by atoms with Crippen LogP contribution >= 0.6 is 11.3 Å². The predicted octanol–water partition coefficient (Wildman–Crippen LogP) is 4.72. The molecule has 0 saturated carbocycles. The van der Waals surface area contributed by atoms with E-state index in [9.17, 15) is 14.9 Å². The summed E-state index contributed by atoms with van der Waals surface area (Å²) in [4.78, 5) is 38.4. The van der Waals surface area contributed by atoms with Crippen LogP contribution in [0.5, 0.6) is 0 Å². The topological polar surface area (TPSA) is 146 Å². The maximum Gasteiger partial charge on any atom is 0.268 e. The van der Waals surface area contributed by atoms with Gasteiger partial charge in [-0.15, -0.1) is 11.3 Å². The minimum Gasteiger partial charge on any atom is -0.396 e. The number of nitrogens with one attached hydrogen (secondary N) is 2. The lowest BCUT2D eigenvalue weighted by atomic mass is 9.85. The summed E-state index contributed by atoms with van der Waals surface area (Å²) in [5.41, 5.74) is 9.47. The van der Waals surface area contributed by atoms with E-state index in [1.807, 2.05) is 19.1 Å². The summed E-state index contributed by atoms with van der Waals surface area (Å²) < 4.78 is 5.41. The van der Waals surface area contributed by atoms with Crippen molar-refractivity contribution in [1.82, 2.24) is 9.97 Å². The number of nitrogen functional groups attached to an aromatic ring is 1. The van der Waals surface area contributed by atoms with Gasteiger partial charge in [-0.1, -0.05) is 18.2 Å². The molecule has 0 aliphatic carbocycles. The van der Waals surface area contributed by atoms with Gasteiger partial charge in [-0.3, -0.25) is 9.59 Å². The van der Waals surface area contributed by atoms with E-state index in [0.717, 1.165) is 11.1 Å². The number of rotatable bonds is 6. The van der Waals surface area contributed by atoms with Crippen LogP contribution in [0, 0.1) is 18.3 Å². The molecule has 3 heterocycles. The van der Waals surface area contributed by atoms with Crippen LogP contribution in [-0.2, 0) is 10.2 Å². The lowest BCUT2D eigenvalue weighted by molar-refractivity contribution is 0.102. The van der Waals surface area contributed by atoms with Crippen LogP contribution < -0.4 is 21.3 Å². The molecule has 11 heteroatoms. The Bertz CT molecular complexity index is 1650. The van der Waals surface area contributed by atoms with Crippen molar-refractivity contribution in [2.24, 2.45) is 0 Å². The van der Waals surface area contributed by atoms with Crippen LogP contribution in [0.15, 0.2) is 48.7 Å². The molecule has 4 N–H and O–H groups in total. The molecule has 4 aromatic rings. The first-order chi connectivity index (χ1) is 19.2. The second-order valence-electron chi connectivity index (χ2n) is 10.1. The van der Waals surface area contributed by atoms with Crippen LogP contribution in [0.4, 0.5) is 22.9 Å². The van der Waals surface area contributed by atoms with Gasteiger partial charge in [0.15, 0.2) is 0 Å². The number of hydrogen-bond acceptors (Lipinski definition) is 9. The fraction of sp³-hybridized carbons (Fsp3) is 0.276. The molecule has 204 valence electrons. The third-order valence-corrected chi connectivity index (χ3v) is 7.94. The SMILES string of the molecule is Cc1ccc(NC(=O)c2cccc(C(C)(C)C#N)c2)cc1NC(=O)c1sc2ncc(N3CCOCC3)nc2c1N. The van der Waals surface area contributed by atoms with Gasteiger partial charge in [-0.05, 0) is 56.2 Å². The van der Waals surface area contributed by atoms with Crippen molar-refractivity contribution in [2.75, 3.05) is 47.6 Å². The van der Waals surface area contributed by atoms with Crippen molar-refractivity contribution in [3.8, 4) is 6.07 Å². The Morgan fingerprint density at radius 1 is 1.12 bits per heavy atom. The minimum absolute atomic E-state index is 0.280. The zero-order valence-corrected chi connectivity index (χ0v) is 23.3. The van der Waals surface area contributed by atoms with E-state index in [4.69, 9.17) is 10.5 Å². The Kier molecular flexibility index (Phi) is 7.38. The quantitative estimate of drug-likeness (QED) is 0.310. The molecule has 5 rings (SSSR count). The van der Waals surface area contributed by atoms with Crippen LogP contribution in [0.1, 0.15) is 45.0 Å². The molecule has 2 aromatic heterocycles. The summed E-state index contributed by atoms with van der Waals surface area (Å²) in [6.45, 7) is 8.14. The normalized spacial score (nSPS) is 13.6. The summed E-state index contributed by atoms with van der Waals surface area (Å²) in [5, 5.41) is 15.2. The predicted molar refractivity (Wildman–Crippen MR) is 157 cm³/mol. The number of carbonyl (C=O) groups is 2. The van der Waals surface area contributed by atoms with Gasteiger partial charge in [0, 0.05) is 30.0 Å². The Hall–Kier alpha value is -4.53. The fourth-order valence-corrected chi connectivity index (χ4v) is 5.22. The average molecular weight is 556 g/mol. The van der Waals surface area contributed by atoms with Crippen LogP contribution in [0.2, 0.25) is 0 Å². The number of nitrogens with zero attached hydrogens (tertiary/aromatic N) is 4. The molecule has 1 fully saturated rings. The number of nitrogens with two attached hydrogens (primary N) is 1. The van der Waals surface area contributed by atoms with E-state index >= 15 is 0 Å². The molecule has 2 aromatic carbocycles. The molecule has 2 amide bonds. The lowest BCUT2D eigenvalue weighted by Crippen LogP contribution is -2.36. The highest BCUT2D eigenvalue weighted by atomic mass is 32.1. The van der Waals surface area contributed by atoms with Crippen LogP contribution in [0.3, 0.4) is 0 Å². The van der Waals surface area contributed by atoms with Crippen molar-refractivity contribution in [3.63, 3.8) is 0 Å². The molecule has 1 aliphatic heterocycles. The number of aromatic nitrogens is 2. The van der Waals surface area contributed by atoms with Crippen molar-refractivity contribution in [3.05, 3.63) is 70.2 Å². The van der Waals surface area contributed by atoms with E-state index in [1.54, 1.807) is 50.4 Å². The number of amides is 2. The second kappa shape index (κ2) is 10.9. The van der Waals surface area contributed by atoms with Crippen LogP contribution in [-0.4, -0.2) is 48.1 Å². The Morgan fingerprint density at radius 3 is 2.65 bits per heavy atom. The largest absolute Gasteiger partial charge is 0.396 e. The number of ether oxygens (including phenoxy) is 1. The van der Waals surface area contributed by atoms with E-state index in [1.165, 1.54) is 11.3 Å². The number of fused-ring (bicyclic) bond motifs is 1. The molecular formula is C29H29N7O3S. The molecule has 0 bridgehead atoms. The van der Waals surface area contributed by atoms with E-state index in [0.29, 0.717) is 64.3 Å². The second-order valence-corrected chi connectivity index (χ2v) is 11.1. The molecule has 1 aliphatic rings.